The first-order valence-corrected chi connectivity index (χ1v) is 7.76. The number of benzene rings is 2. The lowest BCUT2D eigenvalue weighted by Gasteiger charge is -2.10. The zero-order chi connectivity index (χ0) is 16.1. The zero-order valence-electron chi connectivity index (χ0n) is 13.3. The molecule has 0 saturated heterocycles. The summed E-state index contributed by atoms with van der Waals surface area (Å²) in [4.78, 5) is 0. The van der Waals surface area contributed by atoms with Crippen LogP contribution in [0.4, 0.5) is 0 Å². The molecule has 4 nitrogen and oxygen atoms in total. The molecule has 0 radical (unpaired) electrons. The molecule has 3 aromatic rings. The lowest BCUT2D eigenvalue weighted by atomic mass is 10.0. The summed E-state index contributed by atoms with van der Waals surface area (Å²) in [6.45, 7) is 3.97. The summed E-state index contributed by atoms with van der Waals surface area (Å²) in [5.41, 5.74) is 10.2. The van der Waals surface area contributed by atoms with Gasteiger partial charge in [-0.15, -0.1) is 0 Å². The molecule has 4 heteroatoms. The molecular formula is C19H21N3O. The lowest BCUT2D eigenvalue weighted by Crippen LogP contribution is -2.09. The third-order valence-electron chi connectivity index (χ3n) is 3.76. The maximum Gasteiger partial charge on any atom is 0.120 e. The van der Waals surface area contributed by atoms with Gasteiger partial charge in [0, 0.05) is 18.3 Å². The number of nitrogens with zero attached hydrogens (tertiary/aromatic N) is 2. The van der Waals surface area contributed by atoms with Gasteiger partial charge in [0.1, 0.15) is 12.4 Å². The first kappa shape index (κ1) is 15.3. The van der Waals surface area contributed by atoms with Crippen molar-refractivity contribution in [1.82, 2.24) is 9.78 Å². The first-order chi connectivity index (χ1) is 11.3. The van der Waals surface area contributed by atoms with Gasteiger partial charge in [-0.2, -0.15) is 5.10 Å². The van der Waals surface area contributed by atoms with Crippen LogP contribution in [0.25, 0.3) is 11.1 Å². The van der Waals surface area contributed by atoms with Crippen LogP contribution in [0.15, 0.2) is 60.9 Å². The maximum absolute atomic E-state index is 5.92. The van der Waals surface area contributed by atoms with Crippen LogP contribution in [0, 0.1) is 6.92 Å². The van der Waals surface area contributed by atoms with Crippen LogP contribution in [0.2, 0.25) is 0 Å². The van der Waals surface area contributed by atoms with Crippen LogP contribution in [0.1, 0.15) is 11.1 Å². The van der Waals surface area contributed by atoms with Crippen LogP contribution in [-0.4, -0.2) is 16.3 Å². The Kier molecular flexibility index (Phi) is 4.74. The van der Waals surface area contributed by atoms with Crippen molar-refractivity contribution in [2.24, 2.45) is 5.73 Å². The maximum atomic E-state index is 5.92. The van der Waals surface area contributed by atoms with Crippen molar-refractivity contribution >= 4 is 0 Å². The molecule has 0 fully saturated rings. The van der Waals surface area contributed by atoms with E-state index >= 15 is 0 Å². The van der Waals surface area contributed by atoms with E-state index in [1.54, 1.807) is 0 Å². The van der Waals surface area contributed by atoms with E-state index in [0.717, 1.165) is 29.0 Å². The Morgan fingerprint density at radius 2 is 1.96 bits per heavy atom. The minimum absolute atomic E-state index is 0.565. The van der Waals surface area contributed by atoms with Gasteiger partial charge in [-0.1, -0.05) is 36.4 Å². The number of rotatable bonds is 6. The predicted molar refractivity (Wildman–Crippen MR) is 92.2 cm³/mol. The van der Waals surface area contributed by atoms with Gasteiger partial charge in [0.05, 0.1) is 12.7 Å². The summed E-state index contributed by atoms with van der Waals surface area (Å²) in [6, 6.07) is 16.3. The molecule has 0 aliphatic heterocycles. The molecule has 23 heavy (non-hydrogen) atoms. The summed E-state index contributed by atoms with van der Waals surface area (Å²) in [5, 5.41) is 4.34. The Morgan fingerprint density at radius 3 is 2.74 bits per heavy atom. The van der Waals surface area contributed by atoms with Crippen molar-refractivity contribution in [1.29, 1.82) is 0 Å². The van der Waals surface area contributed by atoms with E-state index in [-0.39, 0.29) is 0 Å². The highest BCUT2D eigenvalue weighted by Gasteiger charge is 2.07. The van der Waals surface area contributed by atoms with Crippen molar-refractivity contribution in [3.63, 3.8) is 0 Å². The Morgan fingerprint density at radius 1 is 1.13 bits per heavy atom. The van der Waals surface area contributed by atoms with Crippen LogP contribution in [0.3, 0.4) is 0 Å². The molecule has 0 spiro atoms. The number of ether oxygens (including phenoxy) is 1. The Bertz CT molecular complexity index is 765. The summed E-state index contributed by atoms with van der Waals surface area (Å²) in [6.07, 6.45) is 3.90. The van der Waals surface area contributed by atoms with E-state index < -0.39 is 0 Å². The van der Waals surface area contributed by atoms with Gasteiger partial charge in [-0.25, -0.2) is 0 Å². The number of aromatic nitrogens is 2. The van der Waals surface area contributed by atoms with Crippen LogP contribution < -0.4 is 10.5 Å². The molecule has 0 amide bonds. The highest BCUT2D eigenvalue weighted by Crippen LogP contribution is 2.27. The average Bonchev–Trinajstić information content (AvgIpc) is 3.04. The highest BCUT2D eigenvalue weighted by molar-refractivity contribution is 5.67. The molecule has 118 valence electrons. The van der Waals surface area contributed by atoms with E-state index in [2.05, 4.69) is 36.3 Å². The normalized spacial score (nSPS) is 10.7. The third kappa shape index (κ3) is 3.79. The second-order valence-electron chi connectivity index (χ2n) is 5.53. The van der Waals surface area contributed by atoms with E-state index in [4.69, 9.17) is 10.5 Å². The SMILES string of the molecule is Cc1ccc(OCc2ccccc2)cc1-c1cnn(CCN)c1. The Labute approximate surface area is 136 Å². The van der Waals surface area contributed by atoms with Gasteiger partial charge in [0.2, 0.25) is 0 Å². The molecule has 1 aromatic heterocycles. The van der Waals surface area contributed by atoms with Gasteiger partial charge < -0.3 is 10.5 Å². The van der Waals surface area contributed by atoms with Crippen molar-refractivity contribution in [2.45, 2.75) is 20.1 Å². The topological polar surface area (TPSA) is 53.1 Å². The molecular weight excluding hydrogens is 286 g/mol. The van der Waals surface area contributed by atoms with E-state index in [1.165, 1.54) is 5.56 Å². The predicted octanol–water partition coefficient (Wildman–Crippen LogP) is 3.40. The molecule has 1 heterocycles. The van der Waals surface area contributed by atoms with Crippen molar-refractivity contribution in [2.75, 3.05) is 6.54 Å². The molecule has 2 aromatic carbocycles. The largest absolute Gasteiger partial charge is 0.489 e. The second kappa shape index (κ2) is 7.11. The summed E-state index contributed by atoms with van der Waals surface area (Å²) < 4.78 is 7.78. The van der Waals surface area contributed by atoms with Gasteiger partial charge >= 0.3 is 0 Å². The Hall–Kier alpha value is -2.59. The van der Waals surface area contributed by atoms with E-state index in [9.17, 15) is 0 Å². The van der Waals surface area contributed by atoms with E-state index in [1.807, 2.05) is 41.3 Å². The fourth-order valence-corrected chi connectivity index (χ4v) is 2.50. The second-order valence-corrected chi connectivity index (χ2v) is 5.53. The molecule has 3 rings (SSSR count). The fraction of sp³-hybridized carbons (Fsp3) is 0.211. The monoisotopic (exact) mass is 307 g/mol. The van der Waals surface area contributed by atoms with Gasteiger partial charge in [-0.3, -0.25) is 4.68 Å². The van der Waals surface area contributed by atoms with Crippen LogP contribution in [0.5, 0.6) is 5.75 Å². The molecule has 0 unspecified atom stereocenters. The number of aryl methyl sites for hydroxylation is 1. The lowest BCUT2D eigenvalue weighted by molar-refractivity contribution is 0.306. The zero-order valence-corrected chi connectivity index (χ0v) is 13.3. The molecule has 0 saturated carbocycles. The van der Waals surface area contributed by atoms with Gasteiger partial charge in [0.25, 0.3) is 0 Å². The summed E-state index contributed by atoms with van der Waals surface area (Å²) in [7, 11) is 0. The quantitative estimate of drug-likeness (QED) is 0.759. The molecule has 0 atom stereocenters. The van der Waals surface area contributed by atoms with Crippen molar-refractivity contribution < 1.29 is 4.74 Å². The third-order valence-corrected chi connectivity index (χ3v) is 3.76. The van der Waals surface area contributed by atoms with E-state index in [0.29, 0.717) is 13.2 Å². The minimum Gasteiger partial charge on any atom is -0.489 e. The summed E-state index contributed by atoms with van der Waals surface area (Å²) in [5.74, 6) is 0.862. The van der Waals surface area contributed by atoms with Gasteiger partial charge in [0.15, 0.2) is 0 Å². The van der Waals surface area contributed by atoms with Crippen LogP contribution in [-0.2, 0) is 13.2 Å². The Balaban J connectivity index is 1.78. The molecule has 0 aliphatic rings. The van der Waals surface area contributed by atoms with Crippen molar-refractivity contribution in [3.05, 3.63) is 72.1 Å². The summed E-state index contributed by atoms with van der Waals surface area (Å²) >= 11 is 0. The van der Waals surface area contributed by atoms with Crippen LogP contribution >= 0.6 is 0 Å². The van der Waals surface area contributed by atoms with Gasteiger partial charge in [-0.05, 0) is 35.7 Å². The number of nitrogens with two attached hydrogens (primary N) is 1. The van der Waals surface area contributed by atoms with Crippen molar-refractivity contribution in [3.8, 4) is 16.9 Å². The molecule has 0 bridgehead atoms. The first-order valence-electron chi connectivity index (χ1n) is 7.76. The average molecular weight is 307 g/mol. The fourth-order valence-electron chi connectivity index (χ4n) is 2.50. The number of hydrogen-bond acceptors (Lipinski definition) is 3. The molecule has 0 aliphatic carbocycles. The highest BCUT2D eigenvalue weighted by atomic mass is 16.5. The standard InChI is InChI=1S/C19H21N3O/c1-15-7-8-18(23-14-16-5-3-2-4-6-16)11-19(15)17-12-21-22(13-17)10-9-20/h2-8,11-13H,9-10,14,20H2,1H3. The number of hydrogen-bond donors (Lipinski definition) is 1. The minimum atomic E-state index is 0.565. The smallest absolute Gasteiger partial charge is 0.120 e. The molecule has 2 N–H and O–H groups in total.